The number of hydrogen-bond donors (Lipinski definition) is 1. The Bertz CT molecular complexity index is 205. The molecule has 1 heterocycles. The number of rotatable bonds is 3. The minimum absolute atomic E-state index is 0.346. The molecule has 0 spiro atoms. The third-order valence-electron chi connectivity index (χ3n) is 1.57. The van der Waals surface area contributed by atoms with Crippen LogP contribution in [0.1, 0.15) is 13.3 Å². The van der Waals surface area contributed by atoms with Crippen LogP contribution in [0.2, 0.25) is 0 Å². The lowest BCUT2D eigenvalue weighted by atomic mass is 10.2. The van der Waals surface area contributed by atoms with E-state index in [1.54, 1.807) is 11.8 Å². The smallest absolute Gasteiger partial charge is 0.344 e. The molecule has 1 aliphatic heterocycles. The second-order valence-electron chi connectivity index (χ2n) is 2.51. The van der Waals surface area contributed by atoms with Gasteiger partial charge in [0, 0.05) is 5.25 Å². The molecule has 0 radical (unpaired) electrons. The van der Waals surface area contributed by atoms with Crippen molar-refractivity contribution in [1.29, 1.82) is 0 Å². The first-order valence-corrected chi connectivity index (χ1v) is 4.77. The van der Waals surface area contributed by atoms with E-state index < -0.39 is 5.97 Å². The maximum absolute atomic E-state index is 10.1. The molecule has 0 aromatic rings. The molecule has 1 fully saturated rings. The van der Waals surface area contributed by atoms with Crippen LogP contribution in [0, 0.1) is 0 Å². The molecule has 0 amide bonds. The lowest BCUT2D eigenvalue weighted by molar-refractivity contribution is -0.142. The summed E-state index contributed by atoms with van der Waals surface area (Å²) in [6.07, 6.45) is 0.908. The number of carboxylic acid groups (broad SMARTS) is 1. The third-order valence-corrected chi connectivity index (χ3v) is 2.78. The summed E-state index contributed by atoms with van der Waals surface area (Å²) in [7, 11) is 0. The van der Waals surface area contributed by atoms with Gasteiger partial charge in [0.2, 0.25) is 6.61 Å². The zero-order valence-corrected chi connectivity index (χ0v) is 7.63. The molecule has 5 heteroatoms. The summed E-state index contributed by atoms with van der Waals surface area (Å²) in [6.45, 7) is 1.70. The van der Waals surface area contributed by atoms with Gasteiger partial charge in [-0.15, -0.1) is 0 Å². The lowest BCUT2D eigenvalue weighted by Crippen LogP contribution is -2.09. The van der Waals surface area contributed by atoms with Gasteiger partial charge < -0.3 is 9.94 Å². The average Bonchev–Trinajstić information content (AvgIpc) is 2.36. The first kappa shape index (κ1) is 9.38. The number of thioether (sulfide) groups is 1. The van der Waals surface area contributed by atoms with Crippen molar-refractivity contribution in [2.24, 2.45) is 5.16 Å². The number of carbonyl (C=O) groups is 1. The quantitative estimate of drug-likeness (QED) is 0.672. The van der Waals surface area contributed by atoms with Gasteiger partial charge in [-0.3, -0.25) is 0 Å². The second kappa shape index (κ2) is 4.35. The van der Waals surface area contributed by atoms with Crippen LogP contribution in [0.4, 0.5) is 0 Å². The number of carboxylic acids is 1. The molecule has 1 unspecified atom stereocenters. The summed E-state index contributed by atoms with van der Waals surface area (Å²) in [4.78, 5) is 14.7. The highest BCUT2D eigenvalue weighted by Gasteiger charge is 2.18. The molecule has 68 valence electrons. The van der Waals surface area contributed by atoms with E-state index in [1.807, 2.05) is 6.92 Å². The summed E-state index contributed by atoms with van der Waals surface area (Å²) in [5, 5.41) is 12.4. The zero-order valence-electron chi connectivity index (χ0n) is 6.82. The molecule has 1 saturated heterocycles. The molecule has 4 nitrogen and oxygen atoms in total. The third kappa shape index (κ3) is 2.73. The fraction of sp³-hybridized carbons (Fsp3) is 0.714. The van der Waals surface area contributed by atoms with Crippen molar-refractivity contribution in [2.75, 3.05) is 12.4 Å². The van der Waals surface area contributed by atoms with Crippen LogP contribution in [0.5, 0.6) is 0 Å². The van der Waals surface area contributed by atoms with E-state index in [0.29, 0.717) is 5.25 Å². The van der Waals surface area contributed by atoms with E-state index in [9.17, 15) is 4.79 Å². The van der Waals surface area contributed by atoms with Crippen molar-refractivity contribution < 1.29 is 14.7 Å². The van der Waals surface area contributed by atoms with E-state index in [4.69, 9.17) is 5.11 Å². The van der Waals surface area contributed by atoms with Crippen LogP contribution >= 0.6 is 11.8 Å². The minimum Gasteiger partial charge on any atom is -0.479 e. The van der Waals surface area contributed by atoms with Gasteiger partial charge in [-0.05, 0) is 19.1 Å². The molecule has 0 saturated carbocycles. The Hall–Kier alpha value is -0.710. The molecular formula is C7H11NO3S. The summed E-state index contributed by atoms with van der Waals surface area (Å²) >= 11 is 1.81. The Morgan fingerprint density at radius 1 is 1.92 bits per heavy atom. The van der Waals surface area contributed by atoms with Crippen LogP contribution in [0.25, 0.3) is 0 Å². The number of hydrogen-bond acceptors (Lipinski definition) is 4. The SMILES string of the molecule is CC1SCCC1=NOCC(=O)O. The van der Waals surface area contributed by atoms with Gasteiger partial charge in [0.05, 0.1) is 5.71 Å². The number of nitrogens with zero attached hydrogens (tertiary/aromatic N) is 1. The normalized spacial score (nSPS) is 26.1. The fourth-order valence-electron chi connectivity index (χ4n) is 0.930. The first-order chi connectivity index (χ1) is 5.70. The molecule has 1 aliphatic rings. The topological polar surface area (TPSA) is 58.9 Å². The van der Waals surface area contributed by atoms with E-state index in [1.165, 1.54) is 0 Å². The van der Waals surface area contributed by atoms with Crippen molar-refractivity contribution in [3.63, 3.8) is 0 Å². The molecule has 1 N–H and O–H groups in total. The van der Waals surface area contributed by atoms with Crippen LogP contribution in [0.3, 0.4) is 0 Å². The highest BCUT2D eigenvalue weighted by molar-refractivity contribution is 8.01. The van der Waals surface area contributed by atoms with Crippen LogP contribution in [-0.2, 0) is 9.63 Å². The molecule has 12 heavy (non-hydrogen) atoms. The van der Waals surface area contributed by atoms with Gasteiger partial charge in [-0.25, -0.2) is 4.79 Å². The minimum atomic E-state index is -0.988. The van der Waals surface area contributed by atoms with E-state index >= 15 is 0 Å². The van der Waals surface area contributed by atoms with Crippen LogP contribution in [-0.4, -0.2) is 34.4 Å². The maximum Gasteiger partial charge on any atom is 0.344 e. The van der Waals surface area contributed by atoms with Crippen LogP contribution in [0.15, 0.2) is 5.16 Å². The van der Waals surface area contributed by atoms with Crippen molar-refractivity contribution in [2.45, 2.75) is 18.6 Å². The summed E-state index contributed by atoms with van der Waals surface area (Å²) in [5.74, 6) is 0.0637. The fourth-order valence-corrected chi connectivity index (χ4v) is 1.96. The first-order valence-electron chi connectivity index (χ1n) is 3.72. The molecular weight excluding hydrogens is 178 g/mol. The lowest BCUT2D eigenvalue weighted by Gasteiger charge is -2.00. The molecule has 0 aromatic heterocycles. The molecule has 0 bridgehead atoms. The standard InChI is InChI=1S/C7H11NO3S/c1-5-6(2-3-12-5)8-11-4-7(9)10/h5H,2-4H2,1H3,(H,9,10). The van der Waals surface area contributed by atoms with Gasteiger partial charge in [0.25, 0.3) is 0 Å². The molecule has 1 rings (SSSR count). The van der Waals surface area contributed by atoms with Crippen molar-refractivity contribution in [3.05, 3.63) is 0 Å². The maximum atomic E-state index is 10.1. The zero-order chi connectivity index (χ0) is 8.97. The van der Waals surface area contributed by atoms with Gasteiger partial charge in [0.1, 0.15) is 0 Å². The number of oxime groups is 1. The predicted octanol–water partition coefficient (Wildman–Crippen LogP) is 0.969. The Morgan fingerprint density at radius 2 is 2.67 bits per heavy atom. The Morgan fingerprint density at radius 3 is 3.17 bits per heavy atom. The van der Waals surface area contributed by atoms with Gasteiger partial charge in [-0.1, -0.05) is 5.16 Å². The Kier molecular flexibility index (Phi) is 3.40. The Balaban J connectivity index is 2.31. The molecule has 1 atom stereocenters. The van der Waals surface area contributed by atoms with Crippen LogP contribution < -0.4 is 0 Å². The number of aliphatic carboxylic acids is 1. The summed E-state index contributed by atoms with van der Waals surface area (Å²) < 4.78 is 0. The monoisotopic (exact) mass is 189 g/mol. The highest BCUT2D eigenvalue weighted by atomic mass is 32.2. The van der Waals surface area contributed by atoms with Gasteiger partial charge >= 0.3 is 5.97 Å². The van der Waals surface area contributed by atoms with Gasteiger partial charge in [-0.2, -0.15) is 11.8 Å². The van der Waals surface area contributed by atoms with Gasteiger partial charge in [0.15, 0.2) is 0 Å². The second-order valence-corrected chi connectivity index (χ2v) is 3.96. The Labute approximate surface area is 75.0 Å². The van der Waals surface area contributed by atoms with Crippen molar-refractivity contribution in [3.8, 4) is 0 Å². The summed E-state index contributed by atoms with van der Waals surface area (Å²) in [5.41, 5.74) is 0.959. The highest BCUT2D eigenvalue weighted by Crippen LogP contribution is 2.23. The van der Waals surface area contributed by atoms with Crippen molar-refractivity contribution in [1.82, 2.24) is 0 Å². The summed E-state index contributed by atoms with van der Waals surface area (Å²) in [6, 6.07) is 0. The molecule has 0 aliphatic carbocycles. The average molecular weight is 189 g/mol. The van der Waals surface area contributed by atoms with E-state index in [0.717, 1.165) is 17.9 Å². The van der Waals surface area contributed by atoms with E-state index in [-0.39, 0.29) is 6.61 Å². The largest absolute Gasteiger partial charge is 0.479 e. The molecule has 0 aromatic carbocycles. The van der Waals surface area contributed by atoms with E-state index in [2.05, 4.69) is 9.99 Å². The predicted molar refractivity (Wildman–Crippen MR) is 47.6 cm³/mol. The van der Waals surface area contributed by atoms with Crippen molar-refractivity contribution >= 4 is 23.4 Å².